The third-order valence-electron chi connectivity index (χ3n) is 6.18. The molecule has 4 aromatic rings. The van der Waals surface area contributed by atoms with Gasteiger partial charge < -0.3 is 15.0 Å². The van der Waals surface area contributed by atoms with Gasteiger partial charge in [-0.3, -0.25) is 9.59 Å². The first-order valence-corrected chi connectivity index (χ1v) is 11.3. The normalized spacial score (nSPS) is 18.0. The minimum Gasteiger partial charge on any atom is -0.481 e. The summed E-state index contributed by atoms with van der Waals surface area (Å²) in [5.41, 5.74) is 2.84. The number of ether oxygens (including phenoxy) is 1. The Bertz CT molecular complexity index is 1420. The quantitative estimate of drug-likeness (QED) is 0.440. The molecule has 1 saturated heterocycles. The van der Waals surface area contributed by atoms with E-state index in [0.717, 1.165) is 22.2 Å². The Kier molecular flexibility index (Phi) is 5.87. The van der Waals surface area contributed by atoms with Crippen molar-refractivity contribution in [3.05, 3.63) is 78.6 Å². The van der Waals surface area contributed by atoms with E-state index in [0.29, 0.717) is 18.5 Å². The molecule has 1 aliphatic rings. The van der Waals surface area contributed by atoms with E-state index in [1.807, 2.05) is 36.4 Å². The number of hydrogen-bond acceptors (Lipinski definition) is 5. The van der Waals surface area contributed by atoms with Crippen molar-refractivity contribution >= 4 is 28.4 Å². The standard InChI is InChI=1S/C26H23F2N5O3/c1-26(27,28)25(35)31-20-13-23(34)32(24(20)16-6-4-3-5-7-16)18-8-10-21-17(12-18)14-30-33(21)19-9-11-22(36-2)29-15-19/h3-12,14-15,20,24H,13H2,1-2H3,(H,31,35)/t20-,24?/m1/s1. The molecule has 1 unspecified atom stereocenters. The summed E-state index contributed by atoms with van der Waals surface area (Å²) in [5, 5.41) is 7.62. The van der Waals surface area contributed by atoms with Gasteiger partial charge in [0.05, 0.1) is 42.8 Å². The molecule has 1 aliphatic heterocycles. The van der Waals surface area contributed by atoms with Crippen molar-refractivity contribution in [1.82, 2.24) is 20.1 Å². The highest BCUT2D eigenvalue weighted by Crippen LogP contribution is 2.39. The summed E-state index contributed by atoms with van der Waals surface area (Å²) in [6, 6.07) is 16.6. The largest absolute Gasteiger partial charge is 0.481 e. The lowest BCUT2D eigenvalue weighted by atomic mass is 9.99. The smallest absolute Gasteiger partial charge is 0.321 e. The molecule has 8 nitrogen and oxygen atoms in total. The molecule has 10 heteroatoms. The van der Waals surface area contributed by atoms with Gasteiger partial charge in [-0.1, -0.05) is 30.3 Å². The molecule has 0 spiro atoms. The maximum Gasteiger partial charge on any atom is 0.321 e. The van der Waals surface area contributed by atoms with Crippen molar-refractivity contribution < 1.29 is 23.1 Å². The van der Waals surface area contributed by atoms with Crippen LogP contribution >= 0.6 is 0 Å². The van der Waals surface area contributed by atoms with Crippen LogP contribution < -0.4 is 15.0 Å². The summed E-state index contributed by atoms with van der Waals surface area (Å²) in [6.07, 6.45) is 3.22. The predicted octanol–water partition coefficient (Wildman–Crippen LogP) is 4.05. The fraction of sp³-hybridized carbons (Fsp3) is 0.231. The van der Waals surface area contributed by atoms with E-state index < -0.39 is 23.9 Å². The molecule has 5 rings (SSSR count). The molecule has 2 aromatic carbocycles. The van der Waals surface area contributed by atoms with Gasteiger partial charge in [0, 0.05) is 30.5 Å². The average molecular weight is 491 g/mol. The molecule has 1 fully saturated rings. The first kappa shape index (κ1) is 23.4. The molecule has 2 aromatic heterocycles. The molecule has 36 heavy (non-hydrogen) atoms. The first-order valence-electron chi connectivity index (χ1n) is 11.3. The van der Waals surface area contributed by atoms with Gasteiger partial charge in [0.15, 0.2) is 0 Å². The Morgan fingerprint density at radius 1 is 1.08 bits per heavy atom. The van der Waals surface area contributed by atoms with Crippen molar-refractivity contribution in [2.45, 2.75) is 31.4 Å². The predicted molar refractivity (Wildman–Crippen MR) is 129 cm³/mol. The van der Waals surface area contributed by atoms with Crippen LogP contribution in [0.15, 0.2) is 73.1 Å². The third-order valence-corrected chi connectivity index (χ3v) is 6.18. The van der Waals surface area contributed by atoms with Gasteiger partial charge in [-0.25, -0.2) is 9.67 Å². The van der Waals surface area contributed by atoms with E-state index >= 15 is 0 Å². The lowest BCUT2D eigenvalue weighted by Crippen LogP contribution is -2.46. The Balaban J connectivity index is 1.52. The maximum atomic E-state index is 13.6. The fourth-order valence-corrected chi connectivity index (χ4v) is 4.49. The van der Waals surface area contributed by atoms with Crippen molar-refractivity contribution in [2.75, 3.05) is 12.0 Å². The zero-order valence-electron chi connectivity index (χ0n) is 19.6. The van der Waals surface area contributed by atoms with Gasteiger partial charge in [0.1, 0.15) is 0 Å². The lowest BCUT2D eigenvalue weighted by molar-refractivity contribution is -0.143. The number of aromatic nitrogens is 3. The lowest BCUT2D eigenvalue weighted by Gasteiger charge is -2.29. The number of carbonyl (C=O) groups excluding carboxylic acids is 2. The fourth-order valence-electron chi connectivity index (χ4n) is 4.49. The van der Waals surface area contributed by atoms with E-state index in [1.54, 1.807) is 53.4 Å². The third kappa shape index (κ3) is 4.26. The summed E-state index contributed by atoms with van der Waals surface area (Å²) in [5.74, 6) is -4.76. The van der Waals surface area contributed by atoms with Crippen molar-refractivity contribution in [2.24, 2.45) is 0 Å². The number of anilines is 1. The molecule has 0 aliphatic carbocycles. The van der Waals surface area contributed by atoms with Crippen LogP contribution in [-0.2, 0) is 9.59 Å². The van der Waals surface area contributed by atoms with Crippen LogP contribution in [0.5, 0.6) is 5.88 Å². The van der Waals surface area contributed by atoms with E-state index in [2.05, 4.69) is 15.4 Å². The molecular formula is C26H23F2N5O3. The number of hydrogen-bond donors (Lipinski definition) is 1. The first-order chi connectivity index (χ1) is 17.3. The van der Waals surface area contributed by atoms with Crippen molar-refractivity contribution in [3.63, 3.8) is 0 Å². The Morgan fingerprint density at radius 2 is 1.83 bits per heavy atom. The Hall–Kier alpha value is -4.34. The summed E-state index contributed by atoms with van der Waals surface area (Å²) in [6.45, 7) is 0.540. The van der Waals surface area contributed by atoms with Crippen LogP contribution in [0.2, 0.25) is 0 Å². The molecule has 184 valence electrons. The van der Waals surface area contributed by atoms with Gasteiger partial charge in [0.25, 0.3) is 5.91 Å². The molecule has 3 heterocycles. The summed E-state index contributed by atoms with van der Waals surface area (Å²) >= 11 is 0. The zero-order chi connectivity index (χ0) is 25.4. The van der Waals surface area contributed by atoms with Gasteiger partial charge >= 0.3 is 5.92 Å². The van der Waals surface area contributed by atoms with E-state index in [4.69, 9.17) is 4.74 Å². The number of alkyl halides is 2. The van der Waals surface area contributed by atoms with Crippen LogP contribution in [0.3, 0.4) is 0 Å². The number of carbonyl (C=O) groups is 2. The van der Waals surface area contributed by atoms with Gasteiger partial charge in [0.2, 0.25) is 11.8 Å². The zero-order valence-corrected chi connectivity index (χ0v) is 19.6. The highest BCUT2D eigenvalue weighted by Gasteiger charge is 2.45. The van der Waals surface area contributed by atoms with Gasteiger partial charge in [-0.15, -0.1) is 0 Å². The van der Waals surface area contributed by atoms with Crippen LogP contribution in [0.25, 0.3) is 16.6 Å². The summed E-state index contributed by atoms with van der Waals surface area (Å²) in [7, 11) is 1.54. The maximum absolute atomic E-state index is 13.6. The highest BCUT2D eigenvalue weighted by atomic mass is 19.3. The second kappa shape index (κ2) is 9.03. The van der Waals surface area contributed by atoms with Crippen molar-refractivity contribution in [3.8, 4) is 11.6 Å². The highest BCUT2D eigenvalue weighted by molar-refractivity contribution is 6.00. The molecule has 0 bridgehead atoms. The van der Waals surface area contributed by atoms with Gasteiger partial charge in [-0.05, 0) is 29.8 Å². The van der Waals surface area contributed by atoms with E-state index in [1.165, 1.54) is 0 Å². The average Bonchev–Trinajstić information content (AvgIpc) is 3.44. The number of methoxy groups -OCH3 is 1. The van der Waals surface area contributed by atoms with Crippen molar-refractivity contribution in [1.29, 1.82) is 0 Å². The Morgan fingerprint density at radius 3 is 2.50 bits per heavy atom. The van der Waals surface area contributed by atoms with Crippen LogP contribution in [0.4, 0.5) is 14.5 Å². The number of halogens is 2. The molecule has 0 radical (unpaired) electrons. The molecule has 0 saturated carbocycles. The van der Waals surface area contributed by atoms with Crippen LogP contribution in [0, 0.1) is 0 Å². The van der Waals surface area contributed by atoms with E-state index in [9.17, 15) is 18.4 Å². The Labute approximate surface area is 205 Å². The van der Waals surface area contributed by atoms with Gasteiger partial charge in [-0.2, -0.15) is 13.9 Å². The SMILES string of the molecule is COc1ccc(-n2ncc3cc(N4C(=O)C[C@@H](NC(=O)C(C)(F)F)C4c4ccccc4)ccc32)cn1. The summed E-state index contributed by atoms with van der Waals surface area (Å²) < 4.78 is 34.1. The topological polar surface area (TPSA) is 89.4 Å². The molecular weight excluding hydrogens is 468 g/mol. The van der Waals surface area contributed by atoms with Crippen LogP contribution in [0.1, 0.15) is 24.9 Å². The number of amides is 2. The number of nitrogens with one attached hydrogen (secondary N) is 1. The second-order valence-electron chi connectivity index (χ2n) is 8.65. The minimum atomic E-state index is -3.55. The number of rotatable bonds is 6. The molecule has 1 N–H and O–H groups in total. The monoisotopic (exact) mass is 491 g/mol. The van der Waals surface area contributed by atoms with E-state index in [-0.39, 0.29) is 12.3 Å². The second-order valence-corrected chi connectivity index (χ2v) is 8.65. The van der Waals surface area contributed by atoms with Crippen LogP contribution in [-0.4, -0.2) is 45.7 Å². The number of fused-ring (bicyclic) bond motifs is 1. The minimum absolute atomic E-state index is 0.101. The number of nitrogens with zero attached hydrogens (tertiary/aromatic N) is 4. The molecule has 2 atom stereocenters. The summed E-state index contributed by atoms with van der Waals surface area (Å²) in [4.78, 5) is 31.0. The molecule has 2 amide bonds. The number of pyridine rings is 1. The number of benzene rings is 2.